The van der Waals surface area contributed by atoms with Crippen LogP contribution in [0.2, 0.25) is 5.02 Å². The number of ether oxygens (including phenoxy) is 2. The van der Waals surface area contributed by atoms with Crippen LogP contribution in [-0.4, -0.2) is 63.8 Å². The number of benzene rings is 3. The van der Waals surface area contributed by atoms with Gasteiger partial charge in [-0.05, 0) is 97.7 Å². The standard InChI is InChI=1S/C45H39ClN4O9S/c1-21-28-18-24(46)10-14-35(28)60-39(21)32-20-36(48(3)47-32)50-41(53)31-19-29-26(11-12-27-37(29)42(54)49(40(27)52)25-8-6-7-23(17-25)43(55)56)30(45(31,2)44(50)57)13-9-22-15-33(58-4)38(51)34(16-22)59-5/h6-11,13-18,20,27,29-31,37,51H,12,19H2,1-5H3,(H,55,56)/t27-,29+,30-,31-,37-,45-/m0/s1. The number of aryl methyl sites for hydroxylation is 2. The Morgan fingerprint density at radius 2 is 1.70 bits per heavy atom. The van der Waals surface area contributed by atoms with Gasteiger partial charge in [-0.15, -0.1) is 11.3 Å². The van der Waals surface area contributed by atoms with E-state index in [-0.39, 0.29) is 41.3 Å². The Kier molecular flexibility index (Phi) is 9.28. The minimum Gasteiger partial charge on any atom is -0.502 e. The van der Waals surface area contributed by atoms with Crippen LogP contribution < -0.4 is 19.3 Å². The first kappa shape index (κ1) is 39.2. The molecule has 3 aromatic carbocycles. The number of aromatic hydroxyl groups is 1. The molecule has 3 fully saturated rings. The number of aromatic nitrogens is 2. The van der Waals surface area contributed by atoms with Crippen LogP contribution >= 0.6 is 22.9 Å². The Morgan fingerprint density at radius 1 is 0.967 bits per heavy atom. The number of phenolic OH excluding ortho intramolecular Hbond substituents is 1. The largest absolute Gasteiger partial charge is 0.502 e. The van der Waals surface area contributed by atoms with Crippen molar-refractivity contribution in [1.29, 1.82) is 0 Å². The number of nitrogens with zero attached hydrogens (tertiary/aromatic N) is 4. The molecule has 0 bridgehead atoms. The van der Waals surface area contributed by atoms with Crippen LogP contribution in [0, 0.1) is 41.9 Å². The number of carbonyl (C=O) groups is 5. The predicted molar refractivity (Wildman–Crippen MR) is 225 cm³/mol. The number of fused-ring (bicyclic) bond motifs is 5. The van der Waals surface area contributed by atoms with Gasteiger partial charge in [-0.1, -0.05) is 41.5 Å². The third kappa shape index (κ3) is 5.71. The van der Waals surface area contributed by atoms with E-state index >= 15 is 4.79 Å². The summed E-state index contributed by atoms with van der Waals surface area (Å²) in [4.78, 5) is 73.7. The number of carboxylic acids is 1. The Balaban J connectivity index is 1.14. The molecule has 13 nitrogen and oxygen atoms in total. The highest BCUT2D eigenvalue weighted by Gasteiger charge is 2.67. The second-order valence-electron chi connectivity index (χ2n) is 15.9. The molecule has 5 aromatic rings. The van der Waals surface area contributed by atoms with Crippen LogP contribution in [0.5, 0.6) is 17.2 Å². The maximum Gasteiger partial charge on any atom is 0.335 e. The van der Waals surface area contributed by atoms with Crippen LogP contribution in [0.3, 0.4) is 0 Å². The lowest BCUT2D eigenvalue weighted by Crippen LogP contribution is -2.49. The van der Waals surface area contributed by atoms with E-state index in [1.165, 1.54) is 59.4 Å². The Labute approximate surface area is 353 Å². The smallest absolute Gasteiger partial charge is 0.335 e. The quantitative estimate of drug-likeness (QED) is 0.117. The summed E-state index contributed by atoms with van der Waals surface area (Å²) in [6, 6.07) is 16.4. The number of methoxy groups -OCH3 is 2. The van der Waals surface area contributed by atoms with Gasteiger partial charge in [-0.2, -0.15) is 5.10 Å². The van der Waals surface area contributed by atoms with E-state index in [2.05, 4.69) is 0 Å². The minimum atomic E-state index is -1.33. The average molecular weight is 847 g/mol. The van der Waals surface area contributed by atoms with Crippen LogP contribution in [0.25, 0.3) is 26.7 Å². The number of hydrogen-bond donors (Lipinski definition) is 2. The van der Waals surface area contributed by atoms with Crippen molar-refractivity contribution in [2.75, 3.05) is 24.0 Å². The van der Waals surface area contributed by atoms with Gasteiger partial charge < -0.3 is 19.7 Å². The van der Waals surface area contributed by atoms with Crippen molar-refractivity contribution in [3.8, 4) is 27.8 Å². The van der Waals surface area contributed by atoms with Gasteiger partial charge in [0.25, 0.3) is 0 Å². The number of amides is 4. The SMILES string of the molecule is COc1cc(C=C[C@H]2C3=CC[C@@H]4C(=O)N(c5cccc(C(=O)O)c5)C(=O)[C@@H]4[C@@H]3C[C@H]3C(=O)N(c4cc(-c5sc6ccc(Cl)cc6c5C)nn4C)C(=O)[C@@]23C)cc(OC)c1O. The first-order valence-electron chi connectivity index (χ1n) is 19.3. The van der Waals surface area contributed by atoms with E-state index in [0.29, 0.717) is 22.1 Å². The normalized spacial score (nSPS) is 24.9. The number of anilines is 2. The van der Waals surface area contributed by atoms with Crippen LogP contribution in [0.4, 0.5) is 11.5 Å². The fraction of sp³-hybridized carbons (Fsp3) is 0.289. The average Bonchev–Trinajstić information content (AvgIpc) is 3.90. The van der Waals surface area contributed by atoms with E-state index in [9.17, 15) is 29.4 Å². The molecule has 4 heterocycles. The molecule has 306 valence electrons. The fourth-order valence-corrected chi connectivity index (χ4v) is 11.2. The third-order valence-corrected chi connectivity index (χ3v) is 14.4. The molecule has 2 N–H and O–H groups in total. The van der Waals surface area contributed by atoms with Crippen molar-refractivity contribution in [1.82, 2.24) is 9.78 Å². The van der Waals surface area contributed by atoms with E-state index in [1.54, 1.807) is 38.2 Å². The third-order valence-electron chi connectivity index (χ3n) is 12.9. The molecule has 60 heavy (non-hydrogen) atoms. The van der Waals surface area contributed by atoms with Gasteiger partial charge in [-0.25, -0.2) is 9.69 Å². The zero-order chi connectivity index (χ0) is 42.5. The second-order valence-corrected chi connectivity index (χ2v) is 17.4. The van der Waals surface area contributed by atoms with Crippen molar-refractivity contribution in [2.24, 2.45) is 42.1 Å². The number of carboxylic acid groups (broad SMARTS) is 1. The van der Waals surface area contributed by atoms with E-state index in [0.717, 1.165) is 31.0 Å². The minimum absolute atomic E-state index is 0.0664. The van der Waals surface area contributed by atoms with Gasteiger partial charge >= 0.3 is 5.97 Å². The Hall–Kier alpha value is -6.25. The van der Waals surface area contributed by atoms with Crippen LogP contribution in [0.1, 0.15) is 41.3 Å². The Morgan fingerprint density at radius 3 is 2.40 bits per heavy atom. The van der Waals surface area contributed by atoms with Crippen molar-refractivity contribution in [3.05, 3.63) is 100 Å². The zero-order valence-electron chi connectivity index (χ0n) is 33.1. The van der Waals surface area contributed by atoms with Crippen molar-refractivity contribution >= 4 is 80.2 Å². The van der Waals surface area contributed by atoms with Gasteiger partial charge in [0.05, 0.1) is 53.5 Å². The maximum atomic E-state index is 15.2. The molecule has 2 aliphatic heterocycles. The van der Waals surface area contributed by atoms with E-state index < -0.39 is 64.6 Å². The molecular formula is C45H39ClN4O9S. The van der Waals surface area contributed by atoms with E-state index in [1.807, 2.05) is 37.3 Å². The molecule has 4 amide bonds. The second kappa shape index (κ2) is 14.2. The number of phenols is 1. The molecular weight excluding hydrogens is 808 g/mol. The van der Waals surface area contributed by atoms with Crippen molar-refractivity contribution in [2.45, 2.75) is 26.7 Å². The summed E-state index contributed by atoms with van der Waals surface area (Å²) in [6.45, 7) is 3.77. The molecule has 9 rings (SSSR count). The molecule has 0 spiro atoms. The fourth-order valence-electron chi connectivity index (χ4n) is 9.90. The number of aromatic carboxylic acids is 1. The monoisotopic (exact) mass is 846 g/mol. The lowest BCUT2D eigenvalue weighted by Gasteiger charge is -2.47. The van der Waals surface area contributed by atoms with Gasteiger partial charge in [0.2, 0.25) is 29.4 Å². The number of imide groups is 2. The first-order chi connectivity index (χ1) is 28.7. The zero-order valence-corrected chi connectivity index (χ0v) is 34.7. The maximum absolute atomic E-state index is 15.2. The summed E-state index contributed by atoms with van der Waals surface area (Å²) >= 11 is 7.87. The summed E-state index contributed by atoms with van der Waals surface area (Å²) in [6.07, 6.45) is 5.89. The van der Waals surface area contributed by atoms with Gasteiger partial charge in [0.1, 0.15) is 11.5 Å². The number of rotatable bonds is 8. The van der Waals surface area contributed by atoms with Crippen molar-refractivity contribution < 1.29 is 43.7 Å². The lowest BCUT2D eigenvalue weighted by molar-refractivity contribution is -0.132. The predicted octanol–water partition coefficient (Wildman–Crippen LogP) is 7.67. The first-order valence-corrected chi connectivity index (χ1v) is 20.5. The van der Waals surface area contributed by atoms with Crippen LogP contribution in [0.15, 0.2) is 78.4 Å². The number of hydrogen-bond acceptors (Lipinski definition) is 10. The Bertz CT molecular complexity index is 2760. The molecule has 2 saturated heterocycles. The van der Waals surface area contributed by atoms with Gasteiger partial charge in [0.15, 0.2) is 11.5 Å². The van der Waals surface area contributed by atoms with Crippen molar-refractivity contribution in [3.63, 3.8) is 0 Å². The highest BCUT2D eigenvalue weighted by atomic mass is 35.5. The molecule has 0 unspecified atom stereocenters. The summed E-state index contributed by atoms with van der Waals surface area (Å²) < 4.78 is 13.4. The molecule has 2 aliphatic carbocycles. The summed E-state index contributed by atoms with van der Waals surface area (Å²) in [5, 5.41) is 26.7. The molecule has 2 aromatic heterocycles. The van der Waals surface area contributed by atoms with E-state index in [4.69, 9.17) is 26.2 Å². The van der Waals surface area contributed by atoms with Gasteiger partial charge in [0, 0.05) is 28.8 Å². The van der Waals surface area contributed by atoms with Gasteiger partial charge in [-0.3, -0.25) is 28.8 Å². The number of carbonyl (C=O) groups excluding carboxylic acids is 4. The number of halogens is 1. The number of allylic oxidation sites excluding steroid dienone is 3. The highest BCUT2D eigenvalue weighted by Crippen LogP contribution is 2.61. The highest BCUT2D eigenvalue weighted by molar-refractivity contribution is 7.22. The molecule has 4 aliphatic rings. The lowest BCUT2D eigenvalue weighted by atomic mass is 9.52. The van der Waals surface area contributed by atoms with Crippen LogP contribution in [-0.2, 0) is 26.2 Å². The molecule has 15 heteroatoms. The molecule has 6 atom stereocenters. The molecule has 0 radical (unpaired) electrons. The summed E-state index contributed by atoms with van der Waals surface area (Å²) in [5.74, 6) is -6.34. The number of thiophene rings is 1. The molecule has 1 saturated carbocycles. The summed E-state index contributed by atoms with van der Waals surface area (Å²) in [5.41, 5.74) is 1.68. The summed E-state index contributed by atoms with van der Waals surface area (Å²) in [7, 11) is 4.53. The topological polar surface area (TPSA) is 169 Å².